The van der Waals surface area contributed by atoms with E-state index in [1.165, 1.54) is 23.4 Å². The van der Waals surface area contributed by atoms with Crippen LogP contribution in [-0.4, -0.2) is 31.0 Å². The first-order chi connectivity index (χ1) is 9.31. The molecule has 1 aliphatic rings. The minimum absolute atomic E-state index is 0.174. The number of thioether (sulfide) groups is 1. The molecule has 3 nitrogen and oxygen atoms in total. The smallest absolute Gasteiger partial charge is 0.220 e. The normalized spacial score (nSPS) is 16.8. The fourth-order valence-electron chi connectivity index (χ4n) is 2.43. The minimum atomic E-state index is 0.174. The van der Waals surface area contributed by atoms with E-state index >= 15 is 0 Å². The lowest BCUT2D eigenvalue weighted by atomic mass is 9.97. The van der Waals surface area contributed by atoms with Crippen molar-refractivity contribution in [3.8, 4) is 0 Å². The topological polar surface area (TPSA) is 41.1 Å². The van der Waals surface area contributed by atoms with Gasteiger partial charge in [-0.15, -0.1) is 0 Å². The van der Waals surface area contributed by atoms with Crippen LogP contribution in [0.1, 0.15) is 30.7 Å². The predicted octanol–water partition coefficient (Wildman–Crippen LogP) is 2.85. The van der Waals surface area contributed by atoms with Gasteiger partial charge >= 0.3 is 0 Å². The van der Waals surface area contributed by atoms with Gasteiger partial charge in [-0.2, -0.15) is 11.8 Å². The second kappa shape index (κ2) is 7.43. The molecule has 1 atom stereocenters. The van der Waals surface area contributed by atoms with Gasteiger partial charge in [0.1, 0.15) is 0 Å². The Kier molecular flexibility index (Phi) is 5.58. The van der Waals surface area contributed by atoms with Crippen LogP contribution in [0.15, 0.2) is 24.3 Å². The van der Waals surface area contributed by atoms with Gasteiger partial charge < -0.3 is 10.6 Å². The lowest BCUT2D eigenvalue weighted by Gasteiger charge is -2.10. The molecule has 0 saturated heterocycles. The molecule has 0 radical (unpaired) electrons. The zero-order valence-electron chi connectivity index (χ0n) is 11.4. The quantitative estimate of drug-likeness (QED) is 0.754. The standard InChI is InChI=1S/C15H22N2OS/c1-19-9-5-4-8-16-15(18)10-12-11-17-14-7-3-2-6-13(12)14/h2-3,6-7,12,17H,4-5,8-11H2,1H3,(H,16,18). The average Bonchev–Trinajstić information content (AvgIpc) is 2.82. The Hall–Kier alpha value is -1.16. The van der Waals surface area contributed by atoms with Crippen molar-refractivity contribution in [3.05, 3.63) is 29.8 Å². The Morgan fingerprint density at radius 3 is 3.11 bits per heavy atom. The van der Waals surface area contributed by atoms with Gasteiger partial charge in [-0.3, -0.25) is 4.79 Å². The van der Waals surface area contributed by atoms with Crippen LogP contribution >= 0.6 is 11.8 Å². The number of hydrogen-bond acceptors (Lipinski definition) is 3. The molecule has 19 heavy (non-hydrogen) atoms. The van der Waals surface area contributed by atoms with E-state index in [0.29, 0.717) is 12.3 Å². The molecule has 1 unspecified atom stereocenters. The summed E-state index contributed by atoms with van der Waals surface area (Å²) < 4.78 is 0. The third-order valence-electron chi connectivity index (χ3n) is 3.47. The van der Waals surface area contributed by atoms with Crippen LogP contribution in [0.3, 0.4) is 0 Å². The molecular weight excluding hydrogens is 256 g/mol. The molecule has 1 aliphatic heterocycles. The van der Waals surface area contributed by atoms with Crippen molar-refractivity contribution in [1.29, 1.82) is 0 Å². The molecule has 4 heteroatoms. The van der Waals surface area contributed by atoms with E-state index in [9.17, 15) is 4.79 Å². The molecule has 104 valence electrons. The number of nitrogens with one attached hydrogen (secondary N) is 2. The van der Waals surface area contributed by atoms with Crippen molar-refractivity contribution in [1.82, 2.24) is 5.32 Å². The molecule has 0 bridgehead atoms. The summed E-state index contributed by atoms with van der Waals surface area (Å²) in [5, 5.41) is 6.38. The fourth-order valence-corrected chi connectivity index (χ4v) is 2.93. The molecule has 1 aromatic carbocycles. The second-order valence-corrected chi connectivity index (χ2v) is 5.90. The van der Waals surface area contributed by atoms with Crippen LogP contribution in [0.5, 0.6) is 0 Å². The summed E-state index contributed by atoms with van der Waals surface area (Å²) in [5.74, 6) is 1.67. The van der Waals surface area contributed by atoms with E-state index in [0.717, 1.165) is 19.5 Å². The van der Waals surface area contributed by atoms with E-state index in [-0.39, 0.29) is 5.91 Å². The largest absolute Gasteiger partial charge is 0.384 e. The van der Waals surface area contributed by atoms with Gasteiger partial charge in [0, 0.05) is 31.1 Å². The molecule has 0 fully saturated rings. The summed E-state index contributed by atoms with van der Waals surface area (Å²) >= 11 is 1.86. The molecule has 1 heterocycles. The van der Waals surface area contributed by atoms with Crippen molar-refractivity contribution < 1.29 is 4.79 Å². The second-order valence-electron chi connectivity index (χ2n) is 4.92. The Morgan fingerprint density at radius 1 is 1.42 bits per heavy atom. The zero-order chi connectivity index (χ0) is 13.5. The third kappa shape index (κ3) is 4.16. The van der Waals surface area contributed by atoms with Crippen LogP contribution in [0.2, 0.25) is 0 Å². The predicted molar refractivity (Wildman–Crippen MR) is 82.9 cm³/mol. The van der Waals surface area contributed by atoms with Gasteiger partial charge in [0.25, 0.3) is 0 Å². The minimum Gasteiger partial charge on any atom is -0.384 e. The first-order valence-electron chi connectivity index (χ1n) is 6.89. The van der Waals surface area contributed by atoms with Crippen molar-refractivity contribution in [2.24, 2.45) is 0 Å². The number of benzene rings is 1. The summed E-state index contributed by atoms with van der Waals surface area (Å²) in [6.45, 7) is 1.68. The molecule has 0 saturated carbocycles. The third-order valence-corrected chi connectivity index (χ3v) is 4.17. The van der Waals surface area contributed by atoms with Gasteiger partial charge in [0.05, 0.1) is 0 Å². The number of amides is 1. The maximum atomic E-state index is 11.9. The highest BCUT2D eigenvalue weighted by Gasteiger charge is 2.23. The highest BCUT2D eigenvalue weighted by molar-refractivity contribution is 7.98. The van der Waals surface area contributed by atoms with E-state index in [1.54, 1.807) is 0 Å². The van der Waals surface area contributed by atoms with E-state index in [2.05, 4.69) is 29.0 Å². The summed E-state index contributed by atoms with van der Waals surface area (Å²) in [7, 11) is 0. The van der Waals surface area contributed by atoms with Crippen molar-refractivity contribution >= 4 is 23.4 Å². The average molecular weight is 278 g/mol. The van der Waals surface area contributed by atoms with Gasteiger partial charge in [-0.05, 0) is 36.5 Å². The first kappa shape index (κ1) is 14.3. The number of rotatable bonds is 7. The molecule has 0 spiro atoms. The molecule has 1 aromatic rings. The Morgan fingerprint density at radius 2 is 2.26 bits per heavy atom. The van der Waals surface area contributed by atoms with Crippen LogP contribution in [-0.2, 0) is 4.79 Å². The maximum absolute atomic E-state index is 11.9. The Labute approximate surface area is 119 Å². The monoisotopic (exact) mass is 278 g/mol. The van der Waals surface area contributed by atoms with E-state index in [1.807, 2.05) is 23.9 Å². The molecule has 0 aromatic heterocycles. The first-order valence-corrected chi connectivity index (χ1v) is 8.29. The lowest BCUT2D eigenvalue weighted by Crippen LogP contribution is -2.26. The van der Waals surface area contributed by atoms with E-state index < -0.39 is 0 Å². The number of fused-ring (bicyclic) bond motifs is 1. The number of unbranched alkanes of at least 4 members (excludes halogenated alkanes) is 1. The summed E-state index contributed by atoms with van der Waals surface area (Å²) in [5.41, 5.74) is 2.46. The number of carbonyl (C=O) groups is 1. The van der Waals surface area contributed by atoms with Crippen LogP contribution in [0.4, 0.5) is 5.69 Å². The van der Waals surface area contributed by atoms with Gasteiger partial charge in [0.15, 0.2) is 0 Å². The number of hydrogen-bond donors (Lipinski definition) is 2. The SMILES string of the molecule is CSCCCCNC(=O)CC1CNc2ccccc21. The number of anilines is 1. The number of para-hydroxylation sites is 1. The van der Waals surface area contributed by atoms with E-state index in [4.69, 9.17) is 0 Å². The summed E-state index contributed by atoms with van der Waals surface area (Å²) in [4.78, 5) is 11.9. The van der Waals surface area contributed by atoms with Gasteiger partial charge in [-0.1, -0.05) is 18.2 Å². The van der Waals surface area contributed by atoms with Crippen LogP contribution in [0, 0.1) is 0 Å². The summed E-state index contributed by atoms with van der Waals surface area (Å²) in [6, 6.07) is 8.26. The van der Waals surface area contributed by atoms with Crippen molar-refractivity contribution in [3.63, 3.8) is 0 Å². The highest BCUT2D eigenvalue weighted by atomic mass is 32.2. The maximum Gasteiger partial charge on any atom is 0.220 e. The summed E-state index contributed by atoms with van der Waals surface area (Å²) in [6.07, 6.45) is 4.96. The highest BCUT2D eigenvalue weighted by Crippen LogP contribution is 2.32. The molecule has 1 amide bonds. The Balaban J connectivity index is 1.72. The molecular formula is C15H22N2OS. The zero-order valence-corrected chi connectivity index (χ0v) is 12.3. The lowest BCUT2D eigenvalue weighted by molar-refractivity contribution is -0.121. The molecule has 0 aliphatic carbocycles. The molecule has 2 N–H and O–H groups in total. The fraction of sp³-hybridized carbons (Fsp3) is 0.533. The van der Waals surface area contributed by atoms with Crippen LogP contribution < -0.4 is 10.6 Å². The van der Waals surface area contributed by atoms with Gasteiger partial charge in [-0.25, -0.2) is 0 Å². The van der Waals surface area contributed by atoms with Crippen LogP contribution in [0.25, 0.3) is 0 Å². The van der Waals surface area contributed by atoms with Crippen molar-refractivity contribution in [2.75, 3.05) is 30.4 Å². The Bertz CT molecular complexity index is 422. The van der Waals surface area contributed by atoms with Gasteiger partial charge in [0.2, 0.25) is 5.91 Å². The van der Waals surface area contributed by atoms with Crippen molar-refractivity contribution in [2.45, 2.75) is 25.2 Å². The number of carbonyl (C=O) groups excluding carboxylic acids is 1. The molecule has 2 rings (SSSR count).